The molecular formula is C20H20ClNO3. The molecule has 0 aliphatic carbocycles. The van der Waals surface area contributed by atoms with Gasteiger partial charge in [-0.2, -0.15) is 0 Å². The lowest BCUT2D eigenvalue weighted by Crippen LogP contribution is -2.39. The number of carbonyl (C=O) groups excluding carboxylic acids is 2. The van der Waals surface area contributed by atoms with Gasteiger partial charge in [-0.05, 0) is 50.5 Å². The maximum absolute atomic E-state index is 13.0. The molecule has 1 aliphatic heterocycles. The molecule has 0 spiro atoms. The van der Waals surface area contributed by atoms with Crippen molar-refractivity contribution in [3.05, 3.63) is 64.7 Å². The molecule has 1 unspecified atom stereocenters. The summed E-state index contributed by atoms with van der Waals surface area (Å²) in [5.41, 5.74) is 1.60. The lowest BCUT2D eigenvalue weighted by Gasteiger charge is -2.24. The van der Waals surface area contributed by atoms with Crippen molar-refractivity contribution in [2.45, 2.75) is 38.7 Å². The van der Waals surface area contributed by atoms with E-state index in [0.29, 0.717) is 17.1 Å². The van der Waals surface area contributed by atoms with Crippen LogP contribution in [0.5, 0.6) is 0 Å². The van der Waals surface area contributed by atoms with E-state index >= 15 is 0 Å². The van der Waals surface area contributed by atoms with Gasteiger partial charge in [-0.1, -0.05) is 48.0 Å². The van der Waals surface area contributed by atoms with E-state index in [1.54, 1.807) is 39.0 Å². The average molecular weight is 358 g/mol. The van der Waals surface area contributed by atoms with Gasteiger partial charge < -0.3 is 4.74 Å². The summed E-state index contributed by atoms with van der Waals surface area (Å²) in [6.45, 7) is 5.33. The molecule has 1 aliphatic rings. The van der Waals surface area contributed by atoms with Crippen molar-refractivity contribution in [3.63, 3.8) is 0 Å². The molecule has 5 heteroatoms. The molecule has 25 heavy (non-hydrogen) atoms. The van der Waals surface area contributed by atoms with Crippen molar-refractivity contribution in [2.75, 3.05) is 4.90 Å². The van der Waals surface area contributed by atoms with Crippen LogP contribution in [0.2, 0.25) is 5.02 Å². The highest BCUT2D eigenvalue weighted by molar-refractivity contribution is 6.31. The molecule has 0 bridgehead atoms. The Kier molecular flexibility index (Phi) is 4.56. The molecule has 1 heterocycles. The van der Waals surface area contributed by atoms with Crippen molar-refractivity contribution in [3.8, 4) is 0 Å². The highest BCUT2D eigenvalue weighted by Crippen LogP contribution is 2.40. The Labute approximate surface area is 152 Å². The van der Waals surface area contributed by atoms with Crippen LogP contribution in [0.25, 0.3) is 0 Å². The van der Waals surface area contributed by atoms with Crippen LogP contribution in [-0.2, 0) is 16.0 Å². The van der Waals surface area contributed by atoms with Gasteiger partial charge in [0.15, 0.2) is 0 Å². The Bertz CT molecular complexity index is 826. The number of anilines is 1. The topological polar surface area (TPSA) is 46.6 Å². The predicted octanol–water partition coefficient (Wildman–Crippen LogP) is 4.95. The Hall–Kier alpha value is -2.33. The Balaban J connectivity index is 1.95. The third kappa shape index (κ3) is 3.54. The lowest BCUT2D eigenvalue weighted by molar-refractivity contribution is -0.119. The maximum Gasteiger partial charge on any atom is 0.421 e. The molecule has 2 aromatic carbocycles. The second-order valence-corrected chi connectivity index (χ2v) is 7.47. The molecule has 0 saturated heterocycles. The number of hydrogen-bond donors (Lipinski definition) is 0. The smallest absolute Gasteiger partial charge is 0.421 e. The van der Waals surface area contributed by atoms with Crippen molar-refractivity contribution in [2.24, 2.45) is 0 Å². The average Bonchev–Trinajstić information content (AvgIpc) is 2.80. The summed E-state index contributed by atoms with van der Waals surface area (Å²) in [5, 5.41) is 0.614. The third-order valence-corrected chi connectivity index (χ3v) is 4.40. The summed E-state index contributed by atoms with van der Waals surface area (Å²) in [4.78, 5) is 26.7. The van der Waals surface area contributed by atoms with Gasteiger partial charge in [-0.3, -0.25) is 4.79 Å². The molecule has 130 valence electrons. The minimum atomic E-state index is -0.673. The van der Waals surface area contributed by atoms with Crippen molar-refractivity contribution < 1.29 is 14.3 Å². The van der Waals surface area contributed by atoms with E-state index in [1.807, 2.05) is 30.3 Å². The summed E-state index contributed by atoms with van der Waals surface area (Å²) in [6.07, 6.45) is -0.207. The summed E-state index contributed by atoms with van der Waals surface area (Å²) in [7, 11) is 0. The predicted molar refractivity (Wildman–Crippen MR) is 98.1 cm³/mol. The van der Waals surface area contributed by atoms with Gasteiger partial charge in [0, 0.05) is 5.02 Å². The van der Waals surface area contributed by atoms with Crippen LogP contribution in [0.3, 0.4) is 0 Å². The standard InChI is InChI=1S/C20H20ClNO3/c1-20(2,3)25-19(24)22-17-11-7-5-9-14(17)15(18(22)23)12-13-8-4-6-10-16(13)21/h4-11,15H,12H2,1-3H3. The summed E-state index contributed by atoms with van der Waals surface area (Å²) < 4.78 is 5.41. The van der Waals surface area contributed by atoms with E-state index < -0.39 is 17.6 Å². The van der Waals surface area contributed by atoms with Crippen molar-refractivity contribution in [1.29, 1.82) is 0 Å². The summed E-state index contributed by atoms with van der Waals surface area (Å²) >= 11 is 6.25. The number of imide groups is 1. The van der Waals surface area contributed by atoms with E-state index in [4.69, 9.17) is 16.3 Å². The zero-order valence-electron chi connectivity index (χ0n) is 14.5. The summed E-state index contributed by atoms with van der Waals surface area (Å²) in [6, 6.07) is 14.7. The van der Waals surface area contributed by atoms with Crippen molar-refractivity contribution >= 4 is 29.3 Å². The number of halogens is 1. The minimum Gasteiger partial charge on any atom is -0.443 e. The number of hydrogen-bond acceptors (Lipinski definition) is 3. The number of para-hydroxylation sites is 1. The van der Waals surface area contributed by atoms with Gasteiger partial charge in [-0.15, -0.1) is 0 Å². The van der Waals surface area contributed by atoms with Crippen LogP contribution in [0.4, 0.5) is 10.5 Å². The number of nitrogens with zero attached hydrogens (tertiary/aromatic N) is 1. The fourth-order valence-corrected chi connectivity index (χ4v) is 3.18. The Morgan fingerprint density at radius 1 is 1.12 bits per heavy atom. The zero-order chi connectivity index (χ0) is 18.2. The van der Waals surface area contributed by atoms with Gasteiger partial charge in [-0.25, -0.2) is 9.69 Å². The van der Waals surface area contributed by atoms with E-state index in [2.05, 4.69) is 0 Å². The van der Waals surface area contributed by atoms with Crippen LogP contribution >= 0.6 is 11.6 Å². The Morgan fingerprint density at radius 3 is 2.44 bits per heavy atom. The normalized spacial score (nSPS) is 16.7. The first-order valence-electron chi connectivity index (χ1n) is 8.17. The SMILES string of the molecule is CC(C)(C)OC(=O)N1C(=O)C(Cc2ccccc2Cl)c2ccccc21. The molecule has 0 saturated carbocycles. The largest absolute Gasteiger partial charge is 0.443 e. The molecule has 0 aromatic heterocycles. The van der Waals surface area contributed by atoms with E-state index in [9.17, 15) is 9.59 Å². The van der Waals surface area contributed by atoms with Crippen LogP contribution in [0.15, 0.2) is 48.5 Å². The zero-order valence-corrected chi connectivity index (χ0v) is 15.2. The highest BCUT2D eigenvalue weighted by atomic mass is 35.5. The molecule has 2 aromatic rings. The molecular weight excluding hydrogens is 338 g/mol. The fourth-order valence-electron chi connectivity index (χ4n) is 2.97. The van der Waals surface area contributed by atoms with Gasteiger partial charge in [0.05, 0.1) is 11.6 Å². The monoisotopic (exact) mass is 357 g/mol. The number of benzene rings is 2. The molecule has 0 N–H and O–H groups in total. The second-order valence-electron chi connectivity index (χ2n) is 7.06. The van der Waals surface area contributed by atoms with Crippen molar-refractivity contribution in [1.82, 2.24) is 0 Å². The Morgan fingerprint density at radius 2 is 1.76 bits per heavy atom. The van der Waals surface area contributed by atoms with E-state index in [0.717, 1.165) is 16.0 Å². The number of amides is 2. The third-order valence-electron chi connectivity index (χ3n) is 4.03. The van der Waals surface area contributed by atoms with Crippen LogP contribution in [0.1, 0.15) is 37.8 Å². The first kappa shape index (κ1) is 17.5. The number of ether oxygens (including phenoxy) is 1. The first-order chi connectivity index (χ1) is 11.8. The lowest BCUT2D eigenvalue weighted by atomic mass is 9.93. The molecule has 0 fully saturated rings. The quantitative estimate of drug-likeness (QED) is 0.764. The first-order valence-corrected chi connectivity index (χ1v) is 8.55. The van der Waals surface area contributed by atoms with Gasteiger partial charge >= 0.3 is 6.09 Å². The molecule has 4 nitrogen and oxygen atoms in total. The van der Waals surface area contributed by atoms with Gasteiger partial charge in [0.1, 0.15) is 5.60 Å². The fraction of sp³-hybridized carbons (Fsp3) is 0.300. The van der Waals surface area contributed by atoms with Gasteiger partial charge in [0.2, 0.25) is 5.91 Å². The van der Waals surface area contributed by atoms with Gasteiger partial charge in [0.25, 0.3) is 0 Å². The number of fused-ring (bicyclic) bond motifs is 1. The molecule has 1 atom stereocenters. The number of carbonyl (C=O) groups is 2. The molecule has 3 rings (SSSR count). The maximum atomic E-state index is 13.0. The van der Waals surface area contributed by atoms with Crippen LogP contribution in [-0.4, -0.2) is 17.6 Å². The summed E-state index contributed by atoms with van der Waals surface area (Å²) in [5.74, 6) is -0.737. The second kappa shape index (κ2) is 6.52. The van der Waals surface area contributed by atoms with E-state index in [1.165, 1.54) is 0 Å². The van der Waals surface area contributed by atoms with Crippen LogP contribution in [0, 0.1) is 0 Å². The molecule has 2 amide bonds. The van der Waals surface area contributed by atoms with Crippen LogP contribution < -0.4 is 4.90 Å². The highest BCUT2D eigenvalue weighted by Gasteiger charge is 2.42. The molecule has 0 radical (unpaired) electrons. The number of rotatable bonds is 2. The minimum absolute atomic E-state index is 0.282. The van der Waals surface area contributed by atoms with E-state index in [-0.39, 0.29) is 5.91 Å².